The standard InChI is InChI=1S/C25H20ClN3O3/c1-16-10-18(13-19(26)11-16)23-15-27-24(21(28-23)12-17-6-3-2-4-7-17)29-22(25(30)31)14-20-8-5-9-32-20/h2-11,13-15H,12H2,1H3,(H,27,29)(H,30,31)/b22-14-. The van der Waals surface area contributed by atoms with E-state index in [1.807, 2.05) is 55.5 Å². The van der Waals surface area contributed by atoms with Gasteiger partial charge in [0, 0.05) is 23.1 Å². The molecule has 4 rings (SSSR count). The predicted molar refractivity (Wildman–Crippen MR) is 124 cm³/mol. The van der Waals surface area contributed by atoms with Crippen molar-refractivity contribution in [3.8, 4) is 11.3 Å². The Bertz CT molecular complexity index is 1250. The molecule has 4 aromatic rings. The van der Waals surface area contributed by atoms with Crippen molar-refractivity contribution in [2.45, 2.75) is 13.3 Å². The molecule has 6 nitrogen and oxygen atoms in total. The van der Waals surface area contributed by atoms with Gasteiger partial charge in [-0.25, -0.2) is 14.8 Å². The Labute approximate surface area is 190 Å². The number of benzene rings is 2. The molecule has 2 aromatic heterocycles. The molecular weight excluding hydrogens is 426 g/mol. The number of halogens is 1. The number of aromatic nitrogens is 2. The number of hydrogen-bond acceptors (Lipinski definition) is 5. The van der Waals surface area contributed by atoms with E-state index in [9.17, 15) is 9.90 Å². The molecule has 0 amide bonds. The normalized spacial score (nSPS) is 11.4. The lowest BCUT2D eigenvalue weighted by Gasteiger charge is -2.13. The fourth-order valence-corrected chi connectivity index (χ4v) is 3.55. The molecule has 0 unspecified atom stereocenters. The van der Waals surface area contributed by atoms with Gasteiger partial charge in [0.25, 0.3) is 0 Å². The zero-order valence-corrected chi connectivity index (χ0v) is 18.0. The third-order valence-electron chi connectivity index (χ3n) is 4.71. The second kappa shape index (κ2) is 9.49. The minimum atomic E-state index is -1.14. The van der Waals surface area contributed by atoms with Crippen molar-refractivity contribution in [1.29, 1.82) is 0 Å². The lowest BCUT2D eigenvalue weighted by Crippen LogP contribution is -2.14. The van der Waals surface area contributed by atoms with E-state index in [-0.39, 0.29) is 5.70 Å². The molecule has 0 saturated carbocycles. The van der Waals surface area contributed by atoms with Crippen LogP contribution in [0.4, 0.5) is 5.82 Å². The molecule has 160 valence electrons. The Morgan fingerprint density at radius 2 is 1.97 bits per heavy atom. The maximum absolute atomic E-state index is 11.8. The second-order valence-corrected chi connectivity index (χ2v) is 7.67. The van der Waals surface area contributed by atoms with Crippen molar-refractivity contribution in [1.82, 2.24) is 9.97 Å². The van der Waals surface area contributed by atoms with Crippen molar-refractivity contribution in [2.24, 2.45) is 0 Å². The van der Waals surface area contributed by atoms with Crippen molar-refractivity contribution in [3.63, 3.8) is 0 Å². The van der Waals surface area contributed by atoms with Gasteiger partial charge in [0.15, 0.2) is 5.82 Å². The minimum Gasteiger partial charge on any atom is -0.477 e. The first-order valence-electron chi connectivity index (χ1n) is 9.91. The summed E-state index contributed by atoms with van der Waals surface area (Å²) in [6.45, 7) is 1.96. The molecule has 0 aliphatic heterocycles. The maximum Gasteiger partial charge on any atom is 0.352 e. The van der Waals surface area contributed by atoms with Crippen molar-refractivity contribution in [2.75, 3.05) is 5.32 Å². The minimum absolute atomic E-state index is 0.0742. The summed E-state index contributed by atoms with van der Waals surface area (Å²) >= 11 is 6.23. The van der Waals surface area contributed by atoms with Crippen LogP contribution in [0, 0.1) is 6.92 Å². The third kappa shape index (κ3) is 5.22. The number of aryl methyl sites for hydroxylation is 1. The van der Waals surface area contributed by atoms with E-state index in [1.54, 1.807) is 18.3 Å². The second-order valence-electron chi connectivity index (χ2n) is 7.23. The first kappa shape index (κ1) is 21.3. The van der Waals surface area contributed by atoms with Gasteiger partial charge in [-0.3, -0.25) is 0 Å². The summed E-state index contributed by atoms with van der Waals surface area (Å²) in [7, 11) is 0. The molecule has 2 aromatic carbocycles. The monoisotopic (exact) mass is 445 g/mol. The van der Waals surface area contributed by atoms with Crippen LogP contribution in [0.15, 0.2) is 83.2 Å². The Kier molecular flexibility index (Phi) is 6.33. The van der Waals surface area contributed by atoms with Crippen LogP contribution < -0.4 is 5.32 Å². The van der Waals surface area contributed by atoms with Crippen molar-refractivity contribution in [3.05, 3.63) is 106 Å². The van der Waals surface area contributed by atoms with E-state index in [1.165, 1.54) is 12.3 Å². The van der Waals surface area contributed by atoms with Crippen LogP contribution in [0.5, 0.6) is 0 Å². The highest BCUT2D eigenvalue weighted by Crippen LogP contribution is 2.26. The first-order chi connectivity index (χ1) is 15.5. The van der Waals surface area contributed by atoms with Crippen LogP contribution >= 0.6 is 11.6 Å². The molecule has 0 atom stereocenters. The zero-order chi connectivity index (χ0) is 22.5. The molecular formula is C25H20ClN3O3. The van der Waals surface area contributed by atoms with Crippen molar-refractivity contribution >= 4 is 29.5 Å². The van der Waals surface area contributed by atoms with Crippen LogP contribution in [0.3, 0.4) is 0 Å². The van der Waals surface area contributed by atoms with Gasteiger partial charge in [-0.15, -0.1) is 0 Å². The van der Waals surface area contributed by atoms with Crippen LogP contribution in [-0.4, -0.2) is 21.0 Å². The molecule has 0 aliphatic carbocycles. The topological polar surface area (TPSA) is 88.2 Å². The molecule has 0 aliphatic rings. The predicted octanol–water partition coefficient (Wildman–Crippen LogP) is 5.83. The number of nitrogens with zero attached hydrogens (tertiary/aromatic N) is 2. The zero-order valence-electron chi connectivity index (χ0n) is 17.2. The molecule has 2 N–H and O–H groups in total. The number of carboxylic acids is 1. The summed E-state index contributed by atoms with van der Waals surface area (Å²) in [6.07, 6.45) is 4.96. The lowest BCUT2D eigenvalue weighted by atomic mass is 10.1. The average Bonchev–Trinajstić information content (AvgIpc) is 3.27. The van der Waals surface area contributed by atoms with E-state index >= 15 is 0 Å². The molecule has 0 spiro atoms. The Morgan fingerprint density at radius 1 is 1.16 bits per heavy atom. The quantitative estimate of drug-likeness (QED) is 0.348. The Hall–Kier alpha value is -3.90. The highest BCUT2D eigenvalue weighted by molar-refractivity contribution is 6.30. The summed E-state index contributed by atoms with van der Waals surface area (Å²) < 4.78 is 5.25. The number of rotatable bonds is 7. The Morgan fingerprint density at radius 3 is 2.66 bits per heavy atom. The third-order valence-corrected chi connectivity index (χ3v) is 4.93. The molecule has 0 bridgehead atoms. The van der Waals surface area contributed by atoms with Gasteiger partial charge in [-0.05, 0) is 48.4 Å². The number of carboxylic acid groups (broad SMARTS) is 1. The highest BCUT2D eigenvalue weighted by Gasteiger charge is 2.16. The lowest BCUT2D eigenvalue weighted by molar-refractivity contribution is -0.132. The number of furan rings is 1. The van der Waals surface area contributed by atoms with Gasteiger partial charge in [-0.1, -0.05) is 41.9 Å². The molecule has 7 heteroatoms. The summed E-state index contributed by atoms with van der Waals surface area (Å²) in [6, 6.07) is 18.8. The van der Waals surface area contributed by atoms with Gasteiger partial charge in [0.05, 0.1) is 23.8 Å². The van der Waals surface area contributed by atoms with E-state index in [4.69, 9.17) is 21.0 Å². The summed E-state index contributed by atoms with van der Waals surface area (Å²) in [4.78, 5) is 21.1. The maximum atomic E-state index is 11.8. The Balaban J connectivity index is 1.76. The summed E-state index contributed by atoms with van der Waals surface area (Å²) in [5, 5.41) is 13.2. The van der Waals surface area contributed by atoms with E-state index in [0.717, 1.165) is 16.7 Å². The summed E-state index contributed by atoms with van der Waals surface area (Å²) in [5.41, 5.74) is 4.06. The first-order valence-corrected chi connectivity index (χ1v) is 10.3. The van der Waals surface area contributed by atoms with Gasteiger partial charge < -0.3 is 14.8 Å². The number of hydrogen-bond donors (Lipinski definition) is 2. The highest BCUT2D eigenvalue weighted by atomic mass is 35.5. The smallest absolute Gasteiger partial charge is 0.352 e. The largest absolute Gasteiger partial charge is 0.477 e. The fraction of sp³-hybridized carbons (Fsp3) is 0.0800. The molecule has 2 heterocycles. The van der Waals surface area contributed by atoms with Crippen molar-refractivity contribution < 1.29 is 14.3 Å². The molecule has 32 heavy (non-hydrogen) atoms. The number of anilines is 1. The molecule has 0 saturated heterocycles. The fourth-order valence-electron chi connectivity index (χ4n) is 3.26. The van der Waals surface area contributed by atoms with Crippen LogP contribution in [0.1, 0.15) is 22.6 Å². The van der Waals surface area contributed by atoms with E-state index < -0.39 is 5.97 Å². The van der Waals surface area contributed by atoms with Crippen LogP contribution in [0.25, 0.3) is 17.3 Å². The van der Waals surface area contributed by atoms with E-state index in [2.05, 4.69) is 10.3 Å². The summed E-state index contributed by atoms with van der Waals surface area (Å²) in [5.74, 6) is -0.363. The number of carbonyl (C=O) groups is 1. The average molecular weight is 446 g/mol. The van der Waals surface area contributed by atoms with Crippen LogP contribution in [-0.2, 0) is 11.2 Å². The van der Waals surface area contributed by atoms with Gasteiger partial charge in [0.2, 0.25) is 0 Å². The number of aliphatic carboxylic acids is 1. The molecule has 0 radical (unpaired) electrons. The van der Waals surface area contributed by atoms with Gasteiger partial charge >= 0.3 is 5.97 Å². The van der Waals surface area contributed by atoms with E-state index in [0.29, 0.717) is 34.4 Å². The molecule has 0 fully saturated rings. The van der Waals surface area contributed by atoms with Crippen LogP contribution in [0.2, 0.25) is 5.02 Å². The number of nitrogens with one attached hydrogen (secondary N) is 1. The van der Waals surface area contributed by atoms with Gasteiger partial charge in [0.1, 0.15) is 11.5 Å². The SMILES string of the molecule is Cc1cc(Cl)cc(-c2cnc(N/C(=C\c3ccco3)C(=O)O)c(Cc3ccccc3)n2)c1. The van der Waals surface area contributed by atoms with Gasteiger partial charge in [-0.2, -0.15) is 0 Å².